The van der Waals surface area contributed by atoms with Gasteiger partial charge < -0.3 is 14.5 Å². The molecule has 1 fully saturated rings. The van der Waals surface area contributed by atoms with E-state index in [1.54, 1.807) is 9.80 Å². The van der Waals surface area contributed by atoms with E-state index in [9.17, 15) is 22.8 Å². The number of benzene rings is 1. The summed E-state index contributed by atoms with van der Waals surface area (Å²) in [5.74, 6) is -0.448. The number of alkyl halides is 3. The predicted molar refractivity (Wildman–Crippen MR) is 94.0 cm³/mol. The summed E-state index contributed by atoms with van der Waals surface area (Å²) < 4.78 is 40.3. The molecule has 5 nitrogen and oxygen atoms in total. The van der Waals surface area contributed by atoms with Crippen LogP contribution < -0.4 is 4.74 Å². The van der Waals surface area contributed by atoms with Crippen LogP contribution in [0.2, 0.25) is 0 Å². The highest BCUT2D eigenvalue weighted by molar-refractivity contribution is 5.87. The van der Waals surface area contributed by atoms with Crippen molar-refractivity contribution in [1.82, 2.24) is 9.80 Å². The van der Waals surface area contributed by atoms with Crippen LogP contribution in [0, 0.1) is 0 Å². The summed E-state index contributed by atoms with van der Waals surface area (Å²) in [6.45, 7) is 6.87. The summed E-state index contributed by atoms with van der Waals surface area (Å²) in [5.41, 5.74) is 0.756. The number of carbonyl (C=O) groups excluding carboxylic acids is 2. The molecule has 1 unspecified atom stereocenters. The number of nitrogens with zero attached hydrogens (tertiary/aromatic N) is 2. The van der Waals surface area contributed by atoms with E-state index in [0.717, 1.165) is 12.0 Å². The van der Waals surface area contributed by atoms with E-state index in [0.29, 0.717) is 26.1 Å². The molecule has 1 atom stereocenters. The SMILES string of the molecule is C=CC(=O)N1CCN(C(=O)CCc2ccc(OC(F)(F)F)cc2)C(CC)C1. The molecular formula is C19H23F3N2O3. The van der Waals surface area contributed by atoms with Gasteiger partial charge in [-0.1, -0.05) is 25.6 Å². The molecule has 0 N–H and O–H groups in total. The lowest BCUT2D eigenvalue weighted by molar-refractivity contribution is -0.274. The van der Waals surface area contributed by atoms with Crippen molar-refractivity contribution < 1.29 is 27.5 Å². The fraction of sp³-hybridized carbons (Fsp3) is 0.474. The van der Waals surface area contributed by atoms with Crippen LogP contribution in [0.4, 0.5) is 13.2 Å². The number of amides is 2. The third-order valence-electron chi connectivity index (χ3n) is 4.55. The number of aryl methyl sites for hydroxylation is 1. The van der Waals surface area contributed by atoms with E-state index in [1.165, 1.54) is 30.3 Å². The van der Waals surface area contributed by atoms with Gasteiger partial charge in [-0.2, -0.15) is 0 Å². The van der Waals surface area contributed by atoms with Crippen molar-refractivity contribution in [1.29, 1.82) is 0 Å². The van der Waals surface area contributed by atoms with Crippen molar-refractivity contribution in [3.05, 3.63) is 42.5 Å². The Kier molecular flexibility index (Phi) is 6.87. The molecule has 1 aromatic rings. The summed E-state index contributed by atoms with van der Waals surface area (Å²) in [7, 11) is 0. The van der Waals surface area contributed by atoms with E-state index in [4.69, 9.17) is 0 Å². The molecule has 0 saturated carbocycles. The molecule has 27 heavy (non-hydrogen) atoms. The molecule has 1 aliphatic heterocycles. The Morgan fingerprint density at radius 1 is 1.26 bits per heavy atom. The van der Waals surface area contributed by atoms with Crippen LogP contribution in [0.15, 0.2) is 36.9 Å². The van der Waals surface area contributed by atoms with Crippen molar-refractivity contribution in [3.63, 3.8) is 0 Å². The van der Waals surface area contributed by atoms with Crippen molar-refractivity contribution in [2.24, 2.45) is 0 Å². The first-order chi connectivity index (χ1) is 12.7. The minimum atomic E-state index is -4.72. The van der Waals surface area contributed by atoms with Gasteiger partial charge in [-0.15, -0.1) is 13.2 Å². The van der Waals surface area contributed by atoms with E-state index in [2.05, 4.69) is 11.3 Å². The third-order valence-corrected chi connectivity index (χ3v) is 4.55. The Morgan fingerprint density at radius 2 is 1.93 bits per heavy atom. The van der Waals surface area contributed by atoms with Crippen LogP contribution in [-0.2, 0) is 16.0 Å². The first-order valence-electron chi connectivity index (χ1n) is 8.79. The molecular weight excluding hydrogens is 361 g/mol. The quantitative estimate of drug-likeness (QED) is 0.708. The standard InChI is InChI=1S/C19H23F3N2O3/c1-3-15-13-23(17(25)4-2)11-12-24(15)18(26)10-7-14-5-8-16(9-6-14)27-19(20,21)22/h4-6,8-9,15H,2-3,7,10-13H2,1H3. The van der Waals surface area contributed by atoms with Gasteiger partial charge in [0, 0.05) is 32.1 Å². The Balaban J connectivity index is 1.89. The van der Waals surface area contributed by atoms with E-state index in [-0.39, 0.29) is 30.0 Å². The Labute approximate surface area is 156 Å². The highest BCUT2D eigenvalue weighted by Gasteiger charge is 2.31. The topological polar surface area (TPSA) is 49.9 Å². The molecule has 0 radical (unpaired) electrons. The lowest BCUT2D eigenvalue weighted by atomic mass is 10.1. The van der Waals surface area contributed by atoms with Crippen LogP contribution >= 0.6 is 0 Å². The van der Waals surface area contributed by atoms with Gasteiger partial charge in [-0.25, -0.2) is 0 Å². The molecule has 8 heteroatoms. The average molecular weight is 384 g/mol. The van der Waals surface area contributed by atoms with Gasteiger partial charge in [0.25, 0.3) is 0 Å². The lowest BCUT2D eigenvalue weighted by Crippen LogP contribution is -2.56. The Hall–Kier alpha value is -2.51. The molecule has 0 spiro atoms. The zero-order valence-electron chi connectivity index (χ0n) is 15.2. The average Bonchev–Trinajstić information content (AvgIpc) is 2.64. The number of ether oxygens (including phenoxy) is 1. The molecule has 2 amide bonds. The number of carbonyl (C=O) groups is 2. The van der Waals surface area contributed by atoms with Crippen molar-refractivity contribution in [3.8, 4) is 5.75 Å². The number of rotatable bonds is 6. The highest BCUT2D eigenvalue weighted by atomic mass is 19.4. The smallest absolute Gasteiger partial charge is 0.406 e. The predicted octanol–water partition coefficient (Wildman–Crippen LogP) is 3.15. The summed E-state index contributed by atoms with van der Waals surface area (Å²) in [5, 5.41) is 0. The van der Waals surface area contributed by atoms with Gasteiger partial charge in [0.05, 0.1) is 0 Å². The molecule has 148 valence electrons. The third kappa shape index (κ3) is 6.01. The minimum absolute atomic E-state index is 0.0248. The lowest BCUT2D eigenvalue weighted by Gasteiger charge is -2.41. The molecule has 0 bridgehead atoms. The Bertz CT molecular complexity index is 674. The van der Waals surface area contributed by atoms with Crippen molar-refractivity contribution >= 4 is 11.8 Å². The molecule has 2 rings (SSSR count). The van der Waals surface area contributed by atoms with Gasteiger partial charge in [-0.05, 0) is 36.6 Å². The second kappa shape index (κ2) is 8.92. The van der Waals surface area contributed by atoms with Crippen LogP contribution in [0.1, 0.15) is 25.3 Å². The van der Waals surface area contributed by atoms with Crippen LogP contribution in [-0.4, -0.2) is 53.7 Å². The van der Waals surface area contributed by atoms with Gasteiger partial charge in [0.1, 0.15) is 5.75 Å². The second-order valence-corrected chi connectivity index (χ2v) is 6.33. The first-order valence-corrected chi connectivity index (χ1v) is 8.79. The molecule has 1 aromatic carbocycles. The zero-order chi connectivity index (χ0) is 20.0. The fourth-order valence-electron chi connectivity index (χ4n) is 3.12. The summed E-state index contributed by atoms with van der Waals surface area (Å²) in [6, 6.07) is 5.47. The molecule has 1 saturated heterocycles. The van der Waals surface area contributed by atoms with E-state index in [1.807, 2.05) is 6.92 Å². The van der Waals surface area contributed by atoms with E-state index >= 15 is 0 Å². The van der Waals surface area contributed by atoms with Gasteiger partial charge in [0.15, 0.2) is 0 Å². The zero-order valence-corrected chi connectivity index (χ0v) is 15.2. The number of hydrogen-bond acceptors (Lipinski definition) is 3. The van der Waals surface area contributed by atoms with Gasteiger partial charge in [-0.3, -0.25) is 9.59 Å². The molecule has 1 aliphatic rings. The number of hydrogen-bond donors (Lipinski definition) is 0. The van der Waals surface area contributed by atoms with Crippen molar-refractivity contribution in [2.45, 2.75) is 38.6 Å². The summed E-state index contributed by atoms with van der Waals surface area (Å²) >= 11 is 0. The molecule has 0 aromatic heterocycles. The summed E-state index contributed by atoms with van der Waals surface area (Å²) in [4.78, 5) is 27.8. The van der Waals surface area contributed by atoms with E-state index < -0.39 is 6.36 Å². The summed E-state index contributed by atoms with van der Waals surface area (Å²) in [6.07, 6.45) is -2.03. The first kappa shape index (κ1) is 20.8. The molecule has 1 heterocycles. The fourth-order valence-corrected chi connectivity index (χ4v) is 3.12. The van der Waals surface area contributed by atoms with Crippen LogP contribution in [0.5, 0.6) is 5.75 Å². The maximum absolute atomic E-state index is 12.6. The largest absolute Gasteiger partial charge is 0.573 e. The Morgan fingerprint density at radius 3 is 2.48 bits per heavy atom. The van der Waals surface area contributed by atoms with Crippen LogP contribution in [0.3, 0.4) is 0 Å². The number of halogens is 3. The normalized spacial score (nSPS) is 17.6. The maximum Gasteiger partial charge on any atom is 0.573 e. The molecule has 0 aliphatic carbocycles. The number of piperazine rings is 1. The van der Waals surface area contributed by atoms with Crippen LogP contribution in [0.25, 0.3) is 0 Å². The highest BCUT2D eigenvalue weighted by Crippen LogP contribution is 2.23. The van der Waals surface area contributed by atoms with Gasteiger partial charge in [0.2, 0.25) is 11.8 Å². The maximum atomic E-state index is 12.6. The monoisotopic (exact) mass is 384 g/mol. The minimum Gasteiger partial charge on any atom is -0.406 e. The second-order valence-electron chi connectivity index (χ2n) is 6.33. The van der Waals surface area contributed by atoms with Crippen molar-refractivity contribution in [2.75, 3.05) is 19.6 Å². The van der Waals surface area contributed by atoms with Gasteiger partial charge >= 0.3 is 6.36 Å².